The van der Waals surface area contributed by atoms with E-state index in [4.69, 9.17) is 0 Å². The molecule has 3 amide bonds. The molecule has 3 rings (SSSR count). The van der Waals surface area contributed by atoms with Gasteiger partial charge in [0.25, 0.3) is 17.1 Å². The van der Waals surface area contributed by atoms with Gasteiger partial charge < -0.3 is 10.1 Å². The molecule has 9 heteroatoms. The lowest BCUT2D eigenvalue weighted by atomic mass is 10.2. The minimum atomic E-state index is -2.94. The summed E-state index contributed by atoms with van der Waals surface area (Å²) in [5.41, 5.74) is 1.05. The van der Waals surface area contributed by atoms with Gasteiger partial charge in [0.15, 0.2) is 0 Å². The van der Waals surface area contributed by atoms with Crippen molar-refractivity contribution in [3.8, 4) is 5.75 Å². The van der Waals surface area contributed by atoms with Crippen molar-refractivity contribution in [2.75, 3.05) is 13.1 Å². The highest BCUT2D eigenvalue weighted by molar-refractivity contribution is 8.18. The first kappa shape index (κ1) is 20.5. The SMILES string of the molecule is O=C(NCCN1C(=O)SC(=Cc2ccccc2)C1=O)c1ccc(OC(F)F)cc1. The number of amides is 3. The average Bonchev–Trinajstić information content (AvgIpc) is 2.96. The van der Waals surface area contributed by atoms with Crippen LogP contribution in [-0.2, 0) is 4.79 Å². The number of hydrogen-bond acceptors (Lipinski definition) is 5. The first-order valence-electron chi connectivity index (χ1n) is 8.57. The largest absolute Gasteiger partial charge is 0.435 e. The maximum Gasteiger partial charge on any atom is 0.387 e. The topological polar surface area (TPSA) is 75.7 Å². The lowest BCUT2D eigenvalue weighted by molar-refractivity contribution is -0.122. The minimum absolute atomic E-state index is 0.0229. The molecule has 1 saturated heterocycles. The molecule has 29 heavy (non-hydrogen) atoms. The number of alkyl halides is 2. The van der Waals surface area contributed by atoms with E-state index in [0.29, 0.717) is 4.91 Å². The van der Waals surface area contributed by atoms with Crippen molar-refractivity contribution in [2.24, 2.45) is 0 Å². The van der Waals surface area contributed by atoms with Crippen molar-refractivity contribution in [1.82, 2.24) is 10.2 Å². The number of hydrogen-bond donors (Lipinski definition) is 1. The van der Waals surface area contributed by atoms with E-state index < -0.39 is 23.7 Å². The van der Waals surface area contributed by atoms with Crippen LogP contribution in [0.5, 0.6) is 5.75 Å². The Morgan fingerprint density at radius 3 is 2.45 bits per heavy atom. The number of rotatable bonds is 7. The Balaban J connectivity index is 1.53. The highest BCUT2D eigenvalue weighted by atomic mass is 32.2. The number of carbonyl (C=O) groups excluding carboxylic acids is 3. The maximum absolute atomic E-state index is 12.4. The molecule has 1 fully saturated rings. The van der Waals surface area contributed by atoms with Crippen molar-refractivity contribution in [3.63, 3.8) is 0 Å². The average molecular weight is 418 g/mol. The summed E-state index contributed by atoms with van der Waals surface area (Å²) >= 11 is 0.849. The van der Waals surface area contributed by atoms with Gasteiger partial charge in [-0.3, -0.25) is 19.3 Å². The van der Waals surface area contributed by atoms with Crippen LogP contribution in [0.15, 0.2) is 59.5 Å². The second-order valence-corrected chi connectivity index (χ2v) is 6.90. The molecule has 1 heterocycles. The standard InChI is InChI=1S/C20H16F2N2O4S/c21-19(22)28-15-8-6-14(7-9-15)17(25)23-10-11-24-18(26)16(29-20(24)27)12-13-4-2-1-3-5-13/h1-9,12,19H,10-11H2,(H,23,25). The molecule has 1 aliphatic rings. The van der Waals surface area contributed by atoms with Crippen molar-refractivity contribution < 1.29 is 27.9 Å². The Kier molecular flexibility index (Phi) is 6.61. The fraction of sp³-hybridized carbons (Fsp3) is 0.150. The van der Waals surface area contributed by atoms with Gasteiger partial charge in [0.05, 0.1) is 4.91 Å². The number of imide groups is 1. The summed E-state index contributed by atoms with van der Waals surface area (Å²) in [4.78, 5) is 38.0. The van der Waals surface area contributed by atoms with E-state index in [-0.39, 0.29) is 24.4 Å². The van der Waals surface area contributed by atoms with E-state index in [1.165, 1.54) is 24.3 Å². The van der Waals surface area contributed by atoms with Crippen molar-refractivity contribution >= 4 is 34.9 Å². The molecule has 1 aliphatic heterocycles. The summed E-state index contributed by atoms with van der Waals surface area (Å²) in [6.45, 7) is -2.86. The van der Waals surface area contributed by atoms with E-state index in [1.807, 2.05) is 30.3 Å². The van der Waals surface area contributed by atoms with Crippen molar-refractivity contribution in [3.05, 3.63) is 70.6 Å². The van der Waals surface area contributed by atoms with Crippen LogP contribution < -0.4 is 10.1 Å². The van der Waals surface area contributed by atoms with E-state index in [1.54, 1.807) is 6.08 Å². The molecule has 0 aliphatic carbocycles. The molecule has 0 saturated carbocycles. The van der Waals surface area contributed by atoms with Gasteiger partial charge in [-0.05, 0) is 47.7 Å². The van der Waals surface area contributed by atoms with Gasteiger partial charge in [0, 0.05) is 18.7 Å². The molecule has 0 unspecified atom stereocenters. The van der Waals surface area contributed by atoms with Crippen LogP contribution in [-0.4, -0.2) is 41.7 Å². The summed E-state index contributed by atoms with van der Waals surface area (Å²) in [6.07, 6.45) is 1.65. The first-order chi connectivity index (χ1) is 13.9. The molecular weight excluding hydrogens is 402 g/mol. The molecule has 0 radical (unpaired) electrons. The Bertz CT molecular complexity index is 933. The maximum atomic E-state index is 12.4. The number of carbonyl (C=O) groups is 3. The Labute approximate surface area is 169 Å². The number of thioether (sulfide) groups is 1. The van der Waals surface area contributed by atoms with Crippen molar-refractivity contribution in [1.29, 1.82) is 0 Å². The van der Waals surface area contributed by atoms with E-state index in [2.05, 4.69) is 10.1 Å². The Morgan fingerprint density at radius 1 is 1.10 bits per heavy atom. The number of ether oxygens (including phenoxy) is 1. The third-order valence-corrected chi connectivity index (χ3v) is 4.84. The number of benzene rings is 2. The van der Waals surface area contributed by atoms with Crippen LogP contribution in [0.25, 0.3) is 6.08 Å². The van der Waals surface area contributed by atoms with Crippen molar-refractivity contribution in [2.45, 2.75) is 6.61 Å². The number of nitrogens with one attached hydrogen (secondary N) is 1. The molecular formula is C20H16F2N2O4S. The zero-order chi connectivity index (χ0) is 20.8. The highest BCUT2D eigenvalue weighted by Crippen LogP contribution is 2.31. The van der Waals surface area contributed by atoms with E-state index in [9.17, 15) is 23.2 Å². The molecule has 1 N–H and O–H groups in total. The van der Waals surface area contributed by atoms with Crippen LogP contribution in [0.1, 0.15) is 15.9 Å². The fourth-order valence-corrected chi connectivity index (χ4v) is 3.43. The molecule has 6 nitrogen and oxygen atoms in total. The minimum Gasteiger partial charge on any atom is -0.435 e. The van der Waals surface area contributed by atoms with Crippen LogP contribution >= 0.6 is 11.8 Å². The molecule has 0 bridgehead atoms. The Hall–Kier alpha value is -3.20. The van der Waals surface area contributed by atoms with Gasteiger partial charge in [0.2, 0.25) is 0 Å². The smallest absolute Gasteiger partial charge is 0.387 e. The van der Waals surface area contributed by atoms with Crippen LogP contribution in [0.3, 0.4) is 0 Å². The summed E-state index contributed by atoms with van der Waals surface area (Å²) in [5.74, 6) is -0.924. The normalized spacial score (nSPS) is 15.3. The third-order valence-electron chi connectivity index (χ3n) is 3.93. The summed E-state index contributed by atoms with van der Waals surface area (Å²) in [5, 5.41) is 2.19. The van der Waals surface area contributed by atoms with Gasteiger partial charge in [-0.2, -0.15) is 8.78 Å². The zero-order valence-corrected chi connectivity index (χ0v) is 15.8. The monoisotopic (exact) mass is 418 g/mol. The van der Waals surface area contributed by atoms with Crippen LogP contribution in [0, 0.1) is 0 Å². The number of nitrogens with zero attached hydrogens (tertiary/aromatic N) is 1. The second kappa shape index (κ2) is 9.33. The van der Waals surface area contributed by atoms with Crippen LogP contribution in [0.4, 0.5) is 13.6 Å². The van der Waals surface area contributed by atoms with Gasteiger partial charge in [-0.1, -0.05) is 30.3 Å². The third kappa shape index (κ3) is 5.41. The van der Waals surface area contributed by atoms with Gasteiger partial charge in [-0.15, -0.1) is 0 Å². The highest BCUT2D eigenvalue weighted by Gasteiger charge is 2.34. The van der Waals surface area contributed by atoms with Gasteiger partial charge in [0.1, 0.15) is 5.75 Å². The molecule has 2 aromatic rings. The lowest BCUT2D eigenvalue weighted by Crippen LogP contribution is -2.37. The molecule has 0 spiro atoms. The lowest BCUT2D eigenvalue weighted by Gasteiger charge is -2.13. The first-order valence-corrected chi connectivity index (χ1v) is 9.39. The quantitative estimate of drug-likeness (QED) is 0.693. The van der Waals surface area contributed by atoms with Gasteiger partial charge in [-0.25, -0.2) is 0 Å². The second-order valence-electron chi connectivity index (χ2n) is 5.90. The molecule has 0 atom stereocenters. The predicted molar refractivity (Wildman–Crippen MR) is 105 cm³/mol. The number of halogens is 2. The molecule has 150 valence electrons. The van der Waals surface area contributed by atoms with Gasteiger partial charge >= 0.3 is 6.61 Å². The fourth-order valence-electron chi connectivity index (χ4n) is 2.56. The van der Waals surface area contributed by atoms with E-state index in [0.717, 1.165) is 22.2 Å². The van der Waals surface area contributed by atoms with Crippen LogP contribution in [0.2, 0.25) is 0 Å². The molecule has 2 aromatic carbocycles. The van der Waals surface area contributed by atoms with E-state index >= 15 is 0 Å². The summed E-state index contributed by atoms with van der Waals surface area (Å²) < 4.78 is 28.5. The Morgan fingerprint density at radius 2 is 1.79 bits per heavy atom. The predicted octanol–water partition coefficient (Wildman–Crippen LogP) is 3.75. The summed E-state index contributed by atoms with van der Waals surface area (Å²) in [7, 11) is 0. The zero-order valence-electron chi connectivity index (χ0n) is 15.0. The summed E-state index contributed by atoms with van der Waals surface area (Å²) in [6, 6.07) is 14.4. The molecule has 0 aromatic heterocycles.